The van der Waals surface area contributed by atoms with Gasteiger partial charge in [0.15, 0.2) is 0 Å². The lowest BCUT2D eigenvalue weighted by Gasteiger charge is -2.25. The average molecular weight is 377 g/mol. The fraction of sp³-hybridized carbons (Fsp3) is 0.316. The molecule has 0 aromatic heterocycles. The monoisotopic (exact) mass is 377 g/mol. The molecule has 0 unspecified atom stereocenters. The van der Waals surface area contributed by atoms with Crippen molar-refractivity contribution in [3.63, 3.8) is 0 Å². The van der Waals surface area contributed by atoms with Crippen LogP contribution in [0.2, 0.25) is 0 Å². The maximum atomic E-state index is 13.1. The average Bonchev–Trinajstić information content (AvgIpc) is 2.67. The highest BCUT2D eigenvalue weighted by atomic mass is 32.2. The molecule has 1 heterocycles. The molecule has 0 radical (unpaired) electrons. The Kier molecular flexibility index (Phi) is 5.68. The lowest BCUT2D eigenvalue weighted by atomic mass is 10.2. The molecule has 1 fully saturated rings. The number of nitrogens with zero attached hydrogens (tertiary/aromatic N) is 1. The summed E-state index contributed by atoms with van der Waals surface area (Å²) in [5.41, 5.74) is 0.793. The zero-order chi connectivity index (χ0) is 18.6. The maximum absolute atomic E-state index is 13.1. The fourth-order valence-corrected chi connectivity index (χ4v) is 4.39. The van der Waals surface area contributed by atoms with E-state index in [1.165, 1.54) is 40.7 Å². The van der Waals surface area contributed by atoms with Gasteiger partial charge in [-0.2, -0.15) is 4.31 Å². The molecule has 0 bridgehead atoms. The third kappa shape index (κ3) is 4.28. The van der Waals surface area contributed by atoms with Gasteiger partial charge in [0.2, 0.25) is 10.0 Å². The standard InChI is InChI=1S/C19H20FNO4S/c20-17-6-4-5-15(13-17)14-25-19(22)16-7-9-18(10-8-16)26(23,24)21-11-2-1-3-12-21/h4-10,13H,1-3,11-12,14H2. The normalized spacial score (nSPS) is 15.6. The lowest BCUT2D eigenvalue weighted by Crippen LogP contribution is -2.35. The second kappa shape index (κ2) is 7.97. The number of rotatable bonds is 5. The van der Waals surface area contributed by atoms with Gasteiger partial charge in [0, 0.05) is 13.1 Å². The summed E-state index contributed by atoms with van der Waals surface area (Å²) in [6, 6.07) is 11.5. The first kappa shape index (κ1) is 18.5. The second-order valence-electron chi connectivity index (χ2n) is 6.20. The van der Waals surface area contributed by atoms with Gasteiger partial charge in [-0.1, -0.05) is 18.6 Å². The van der Waals surface area contributed by atoms with Crippen molar-refractivity contribution in [1.82, 2.24) is 4.31 Å². The summed E-state index contributed by atoms with van der Waals surface area (Å²) in [7, 11) is -3.52. The van der Waals surface area contributed by atoms with Crippen molar-refractivity contribution in [2.45, 2.75) is 30.8 Å². The van der Waals surface area contributed by atoms with Crippen molar-refractivity contribution in [3.05, 3.63) is 65.5 Å². The van der Waals surface area contributed by atoms with E-state index < -0.39 is 21.8 Å². The SMILES string of the molecule is O=C(OCc1cccc(F)c1)c1ccc(S(=O)(=O)N2CCCCC2)cc1. The molecule has 0 N–H and O–H groups in total. The maximum Gasteiger partial charge on any atom is 0.338 e. The summed E-state index contributed by atoms with van der Waals surface area (Å²) in [4.78, 5) is 12.3. The molecule has 2 aromatic rings. The zero-order valence-electron chi connectivity index (χ0n) is 14.2. The molecule has 1 aliphatic heterocycles. The van der Waals surface area contributed by atoms with Crippen LogP contribution < -0.4 is 0 Å². The van der Waals surface area contributed by atoms with Crippen LogP contribution in [0.1, 0.15) is 35.2 Å². The van der Waals surface area contributed by atoms with E-state index in [2.05, 4.69) is 0 Å². The van der Waals surface area contributed by atoms with E-state index >= 15 is 0 Å². The van der Waals surface area contributed by atoms with E-state index in [1.54, 1.807) is 12.1 Å². The highest BCUT2D eigenvalue weighted by Crippen LogP contribution is 2.21. The van der Waals surface area contributed by atoms with E-state index in [-0.39, 0.29) is 17.1 Å². The van der Waals surface area contributed by atoms with Crippen LogP contribution in [0.3, 0.4) is 0 Å². The molecule has 0 atom stereocenters. The Morgan fingerprint density at radius 2 is 1.73 bits per heavy atom. The van der Waals surface area contributed by atoms with Crippen LogP contribution in [0, 0.1) is 5.82 Å². The van der Waals surface area contributed by atoms with E-state index in [9.17, 15) is 17.6 Å². The topological polar surface area (TPSA) is 63.7 Å². The molecule has 0 aliphatic carbocycles. The lowest BCUT2D eigenvalue weighted by molar-refractivity contribution is 0.0472. The van der Waals surface area contributed by atoms with Gasteiger partial charge in [0.1, 0.15) is 12.4 Å². The van der Waals surface area contributed by atoms with Crippen molar-refractivity contribution in [1.29, 1.82) is 0 Å². The number of esters is 1. The van der Waals surface area contributed by atoms with Crippen molar-refractivity contribution >= 4 is 16.0 Å². The van der Waals surface area contributed by atoms with E-state index in [1.807, 2.05) is 0 Å². The number of hydrogen-bond donors (Lipinski definition) is 0. The van der Waals surface area contributed by atoms with Gasteiger partial charge in [-0.25, -0.2) is 17.6 Å². The van der Waals surface area contributed by atoms with Gasteiger partial charge in [0.25, 0.3) is 0 Å². The molecule has 7 heteroatoms. The number of carbonyl (C=O) groups excluding carboxylic acids is 1. The molecule has 1 aliphatic rings. The van der Waals surface area contributed by atoms with Crippen LogP contribution >= 0.6 is 0 Å². The molecule has 5 nitrogen and oxygen atoms in total. The Morgan fingerprint density at radius 3 is 2.38 bits per heavy atom. The number of benzene rings is 2. The largest absolute Gasteiger partial charge is 0.457 e. The summed E-state index contributed by atoms with van der Waals surface area (Å²) in [6.07, 6.45) is 2.77. The van der Waals surface area contributed by atoms with Gasteiger partial charge in [-0.3, -0.25) is 0 Å². The van der Waals surface area contributed by atoms with E-state index in [0.29, 0.717) is 18.7 Å². The van der Waals surface area contributed by atoms with E-state index in [4.69, 9.17) is 4.74 Å². The van der Waals surface area contributed by atoms with Crippen molar-refractivity contribution in [3.8, 4) is 0 Å². The molecule has 26 heavy (non-hydrogen) atoms. The number of halogens is 1. The minimum absolute atomic E-state index is 0.0512. The molecule has 0 saturated carbocycles. The number of carbonyl (C=O) groups is 1. The van der Waals surface area contributed by atoms with Crippen molar-refractivity contribution in [2.75, 3.05) is 13.1 Å². The molecule has 138 valence electrons. The predicted octanol–water partition coefficient (Wildman–Crippen LogP) is 3.36. The van der Waals surface area contributed by atoms with Crippen LogP contribution in [-0.2, 0) is 21.4 Å². The number of piperidine rings is 1. The predicted molar refractivity (Wildman–Crippen MR) is 94.6 cm³/mol. The number of sulfonamides is 1. The van der Waals surface area contributed by atoms with Gasteiger partial charge in [0.05, 0.1) is 10.5 Å². The smallest absolute Gasteiger partial charge is 0.338 e. The Bertz CT molecular complexity index is 875. The van der Waals surface area contributed by atoms with Crippen LogP contribution in [0.25, 0.3) is 0 Å². The number of hydrogen-bond acceptors (Lipinski definition) is 4. The van der Waals surface area contributed by atoms with Crippen molar-refractivity contribution in [2.24, 2.45) is 0 Å². The molecule has 0 spiro atoms. The van der Waals surface area contributed by atoms with Gasteiger partial charge in [-0.05, 0) is 54.8 Å². The molecule has 3 rings (SSSR count). The summed E-state index contributed by atoms with van der Waals surface area (Å²) in [5, 5.41) is 0. The summed E-state index contributed by atoms with van der Waals surface area (Å²) >= 11 is 0. The van der Waals surface area contributed by atoms with Crippen molar-refractivity contribution < 1.29 is 22.3 Å². The van der Waals surface area contributed by atoms with Crippen LogP contribution in [-0.4, -0.2) is 31.8 Å². The summed E-state index contributed by atoms with van der Waals surface area (Å²) < 4.78 is 44.9. The molecule has 1 saturated heterocycles. The highest BCUT2D eigenvalue weighted by Gasteiger charge is 2.26. The first-order valence-electron chi connectivity index (χ1n) is 8.48. The molecule has 0 amide bonds. The van der Waals surface area contributed by atoms with E-state index in [0.717, 1.165) is 19.3 Å². The molecule has 2 aromatic carbocycles. The summed E-state index contributed by atoms with van der Waals surface area (Å²) in [5.74, 6) is -0.984. The fourth-order valence-electron chi connectivity index (χ4n) is 2.88. The first-order chi connectivity index (χ1) is 12.5. The number of ether oxygens (including phenoxy) is 1. The van der Waals surface area contributed by atoms with Crippen LogP contribution in [0.5, 0.6) is 0 Å². The van der Waals surface area contributed by atoms with Gasteiger partial charge in [-0.15, -0.1) is 0 Å². The molecular formula is C19H20FNO4S. The minimum Gasteiger partial charge on any atom is -0.457 e. The Balaban J connectivity index is 1.65. The third-order valence-corrected chi connectivity index (χ3v) is 6.21. The second-order valence-corrected chi connectivity index (χ2v) is 8.13. The zero-order valence-corrected chi connectivity index (χ0v) is 15.0. The molecular weight excluding hydrogens is 357 g/mol. The first-order valence-corrected chi connectivity index (χ1v) is 9.92. The highest BCUT2D eigenvalue weighted by molar-refractivity contribution is 7.89. The quantitative estimate of drug-likeness (QED) is 0.750. The van der Waals surface area contributed by atoms with Gasteiger partial charge >= 0.3 is 5.97 Å². The van der Waals surface area contributed by atoms with Gasteiger partial charge < -0.3 is 4.74 Å². The minimum atomic E-state index is -3.52. The van der Waals surface area contributed by atoms with Crippen LogP contribution in [0.4, 0.5) is 4.39 Å². The Labute approximate surface area is 152 Å². The van der Waals surface area contributed by atoms with Crippen LogP contribution in [0.15, 0.2) is 53.4 Å². The Hall–Kier alpha value is -2.25. The third-order valence-electron chi connectivity index (χ3n) is 4.30. The summed E-state index contributed by atoms with van der Waals surface area (Å²) in [6.45, 7) is 1.00. The Morgan fingerprint density at radius 1 is 1.04 bits per heavy atom.